The molecule has 0 radical (unpaired) electrons. The van der Waals surface area contributed by atoms with E-state index in [0.29, 0.717) is 13.0 Å². The summed E-state index contributed by atoms with van der Waals surface area (Å²) in [4.78, 5) is 13.5. The van der Waals surface area contributed by atoms with Crippen molar-refractivity contribution in [1.29, 1.82) is 5.26 Å². The van der Waals surface area contributed by atoms with Crippen molar-refractivity contribution in [3.63, 3.8) is 0 Å². The number of nitriles is 1. The van der Waals surface area contributed by atoms with Crippen LogP contribution in [0.4, 0.5) is 8.78 Å². The van der Waals surface area contributed by atoms with Crippen LogP contribution in [0, 0.1) is 11.3 Å². The number of amides is 1. The van der Waals surface area contributed by atoms with Gasteiger partial charge in [-0.3, -0.25) is 4.79 Å². The summed E-state index contributed by atoms with van der Waals surface area (Å²) in [6, 6.07) is 14.6. The molecule has 1 aliphatic carbocycles. The highest BCUT2D eigenvalue weighted by atomic mass is 19.3. The van der Waals surface area contributed by atoms with Gasteiger partial charge in [0.05, 0.1) is 31.9 Å². The van der Waals surface area contributed by atoms with E-state index in [2.05, 4.69) is 12.2 Å². The fraction of sp³-hybridized carbons (Fsp3) is 0.588. The fourth-order valence-electron chi connectivity index (χ4n) is 6.41. The number of aliphatic hydroxyl groups excluding tert-OH is 3. The maximum atomic E-state index is 13.7. The summed E-state index contributed by atoms with van der Waals surface area (Å²) in [5.74, 6) is -2.74. The number of aliphatic hydroxyl groups is 3. The van der Waals surface area contributed by atoms with Gasteiger partial charge in [0, 0.05) is 12.0 Å². The van der Waals surface area contributed by atoms with Crippen LogP contribution in [0.15, 0.2) is 42.5 Å². The summed E-state index contributed by atoms with van der Waals surface area (Å²) in [6.07, 6.45) is -0.756. The predicted molar refractivity (Wildman–Crippen MR) is 162 cm³/mol. The van der Waals surface area contributed by atoms with Gasteiger partial charge in [-0.25, -0.2) is 8.78 Å². The van der Waals surface area contributed by atoms with Gasteiger partial charge in [0.1, 0.15) is 36.2 Å². The summed E-state index contributed by atoms with van der Waals surface area (Å²) in [7, 11) is 0. The lowest BCUT2D eigenvalue weighted by Crippen LogP contribution is -2.53. The summed E-state index contributed by atoms with van der Waals surface area (Å²) in [5, 5.41) is 43.3. The molecule has 0 aromatic heterocycles. The minimum atomic E-state index is -3.02. The molecule has 2 aromatic rings. The van der Waals surface area contributed by atoms with E-state index >= 15 is 0 Å². The summed E-state index contributed by atoms with van der Waals surface area (Å²) in [5.41, 5.74) is 3.92. The Labute approximate surface area is 262 Å². The third-order valence-corrected chi connectivity index (χ3v) is 9.39. The van der Waals surface area contributed by atoms with Gasteiger partial charge in [-0.1, -0.05) is 37.3 Å². The molecular weight excluding hydrogens is 584 g/mol. The summed E-state index contributed by atoms with van der Waals surface area (Å²) < 4.78 is 39.2. The van der Waals surface area contributed by atoms with Gasteiger partial charge < -0.3 is 35.0 Å². The van der Waals surface area contributed by atoms with E-state index in [1.165, 1.54) is 5.56 Å². The number of likely N-dealkylation sites (tertiary alicyclic amines) is 1. The first kappa shape index (κ1) is 33.2. The number of halogens is 2. The van der Waals surface area contributed by atoms with Crippen LogP contribution in [0.2, 0.25) is 0 Å². The Balaban J connectivity index is 1.09. The van der Waals surface area contributed by atoms with E-state index in [0.717, 1.165) is 59.4 Å². The van der Waals surface area contributed by atoms with Crippen molar-refractivity contribution >= 4 is 5.91 Å². The third-order valence-electron chi connectivity index (χ3n) is 9.39. The minimum Gasteiger partial charge on any atom is -0.494 e. The second-order valence-corrected chi connectivity index (χ2v) is 12.7. The van der Waals surface area contributed by atoms with Crippen molar-refractivity contribution in [3.05, 3.63) is 64.7 Å². The van der Waals surface area contributed by atoms with E-state index in [4.69, 9.17) is 14.7 Å². The van der Waals surface area contributed by atoms with E-state index in [9.17, 15) is 28.9 Å². The zero-order chi connectivity index (χ0) is 32.4. The number of nitrogens with zero attached hydrogens (tertiary/aromatic N) is 2. The first-order chi connectivity index (χ1) is 21.4. The molecule has 11 heteroatoms. The number of hydrogen-bond acceptors (Lipinski definition) is 8. The SMILES string of the molecule is CCc1ccc([C@@H]2O[C@H](C)[C@@H](O)[C@H](O)[C@H]2O)cc1Cc1ccc(OCCCC2(NCC(=O)N3CC(F)(F)C[C@H]3C#N)CC2)cc1. The number of nitrogens with one attached hydrogen (secondary N) is 1. The molecule has 45 heavy (non-hydrogen) atoms. The zero-order valence-corrected chi connectivity index (χ0v) is 25.8. The molecule has 2 aliphatic heterocycles. The van der Waals surface area contributed by atoms with E-state index < -0.39 is 61.4 Å². The fourth-order valence-corrected chi connectivity index (χ4v) is 6.41. The van der Waals surface area contributed by atoms with Gasteiger partial charge in [-0.15, -0.1) is 0 Å². The van der Waals surface area contributed by atoms with E-state index in [-0.39, 0.29) is 12.1 Å². The number of alkyl halides is 2. The second-order valence-electron chi connectivity index (χ2n) is 12.7. The molecule has 5 rings (SSSR count). The smallest absolute Gasteiger partial charge is 0.268 e. The lowest BCUT2D eigenvalue weighted by atomic mass is 9.88. The lowest BCUT2D eigenvalue weighted by molar-refractivity contribution is -0.219. The van der Waals surface area contributed by atoms with Crippen molar-refractivity contribution in [1.82, 2.24) is 10.2 Å². The molecular formula is C34H43F2N3O6. The Morgan fingerprint density at radius 2 is 1.84 bits per heavy atom. The third kappa shape index (κ3) is 7.81. The number of carbonyl (C=O) groups excluding carboxylic acids is 1. The highest BCUT2D eigenvalue weighted by Gasteiger charge is 2.48. The molecule has 2 heterocycles. The van der Waals surface area contributed by atoms with Gasteiger partial charge in [-0.2, -0.15) is 5.26 Å². The predicted octanol–water partition coefficient (Wildman–Crippen LogP) is 3.42. The molecule has 3 aliphatic rings. The van der Waals surface area contributed by atoms with Crippen LogP contribution in [0.25, 0.3) is 0 Å². The number of ether oxygens (including phenoxy) is 2. The zero-order valence-electron chi connectivity index (χ0n) is 25.8. The van der Waals surface area contributed by atoms with E-state index in [1.54, 1.807) is 6.92 Å². The van der Waals surface area contributed by atoms with Gasteiger partial charge >= 0.3 is 0 Å². The lowest BCUT2D eigenvalue weighted by Gasteiger charge is -2.39. The summed E-state index contributed by atoms with van der Waals surface area (Å²) >= 11 is 0. The average Bonchev–Trinajstić information content (AvgIpc) is 3.73. The Morgan fingerprint density at radius 3 is 2.51 bits per heavy atom. The van der Waals surface area contributed by atoms with Crippen LogP contribution < -0.4 is 10.1 Å². The van der Waals surface area contributed by atoms with Crippen LogP contribution in [0.5, 0.6) is 5.75 Å². The van der Waals surface area contributed by atoms with Crippen molar-refractivity contribution in [3.8, 4) is 11.8 Å². The first-order valence-electron chi connectivity index (χ1n) is 15.8. The highest BCUT2D eigenvalue weighted by Crippen LogP contribution is 2.40. The van der Waals surface area contributed by atoms with Crippen molar-refractivity contribution in [2.24, 2.45) is 0 Å². The molecule has 2 aromatic carbocycles. The first-order valence-corrected chi connectivity index (χ1v) is 15.8. The maximum Gasteiger partial charge on any atom is 0.268 e. The van der Waals surface area contributed by atoms with E-state index in [1.807, 2.05) is 48.5 Å². The number of aryl methyl sites for hydroxylation is 1. The molecule has 9 nitrogen and oxygen atoms in total. The van der Waals surface area contributed by atoms with Crippen LogP contribution in [0.1, 0.15) is 74.3 Å². The molecule has 244 valence electrons. The Morgan fingerprint density at radius 1 is 1.11 bits per heavy atom. The molecule has 1 saturated carbocycles. The summed E-state index contributed by atoms with van der Waals surface area (Å²) in [6.45, 7) is 3.50. The monoisotopic (exact) mass is 627 g/mol. The Kier molecular flexibility index (Phi) is 10.1. The number of benzene rings is 2. The number of rotatable bonds is 12. The molecule has 0 bridgehead atoms. The second kappa shape index (κ2) is 13.7. The normalized spacial score (nSPS) is 28.4. The van der Waals surface area contributed by atoms with Crippen LogP contribution >= 0.6 is 0 Å². The van der Waals surface area contributed by atoms with Crippen molar-refractivity contribution < 1.29 is 38.4 Å². The van der Waals surface area contributed by atoms with Crippen LogP contribution in [-0.2, 0) is 22.4 Å². The van der Waals surface area contributed by atoms with Crippen LogP contribution in [0.3, 0.4) is 0 Å². The van der Waals surface area contributed by atoms with Crippen LogP contribution in [-0.4, -0.2) is 87.7 Å². The topological polar surface area (TPSA) is 135 Å². The average molecular weight is 628 g/mol. The molecule has 0 unspecified atom stereocenters. The number of carbonyl (C=O) groups is 1. The maximum absolute atomic E-state index is 13.7. The van der Waals surface area contributed by atoms with Gasteiger partial charge in [0.15, 0.2) is 0 Å². The van der Waals surface area contributed by atoms with Gasteiger partial charge in [0.2, 0.25) is 5.91 Å². The van der Waals surface area contributed by atoms with Gasteiger partial charge in [0.25, 0.3) is 5.92 Å². The molecule has 4 N–H and O–H groups in total. The molecule has 1 amide bonds. The standard InChI is InChI=1S/C34H43F2N3O6/c1-3-23-7-8-24(32-31(43)30(42)29(41)21(2)45-32)16-25(23)15-22-5-9-27(10-6-22)44-14-4-11-33(12-13-33)38-19-28(40)39-20-34(35,36)17-26(39)18-37/h5-10,16,21,26,29-32,38,41-43H,3-4,11-15,17,19-20H2,1-2H3/t21-,26+,29-,30+,31-,32+/m1/s1. The van der Waals surface area contributed by atoms with Crippen molar-refractivity contribution in [2.45, 2.75) is 107 Å². The quantitative estimate of drug-likeness (QED) is 0.263. The number of hydrogen-bond donors (Lipinski definition) is 4. The Bertz CT molecular complexity index is 1380. The molecule has 3 fully saturated rings. The van der Waals surface area contributed by atoms with Crippen molar-refractivity contribution in [2.75, 3.05) is 19.7 Å². The molecule has 0 spiro atoms. The largest absolute Gasteiger partial charge is 0.494 e. The minimum absolute atomic E-state index is 0.0578. The highest BCUT2D eigenvalue weighted by molar-refractivity contribution is 5.79. The molecule has 2 saturated heterocycles. The van der Waals surface area contributed by atoms with Gasteiger partial charge in [-0.05, 0) is 79.8 Å². The molecule has 6 atom stereocenters. The Hall–Kier alpha value is -3.14.